The highest BCUT2D eigenvalue weighted by Crippen LogP contribution is 2.44. The molecule has 0 saturated carbocycles. The minimum atomic E-state index is 0.663. The Bertz CT molecular complexity index is 1090. The Morgan fingerprint density at radius 2 is 1.14 bits per heavy atom. The minimum Gasteiger partial charge on any atom is -0.328 e. The van der Waals surface area contributed by atoms with Gasteiger partial charge in [-0.25, -0.2) is 0 Å². The van der Waals surface area contributed by atoms with Crippen molar-refractivity contribution in [3.63, 3.8) is 0 Å². The van der Waals surface area contributed by atoms with Crippen LogP contribution in [0.3, 0.4) is 0 Å². The maximum atomic E-state index is 10.8. The molecule has 6 nitrogen and oxygen atoms in total. The van der Waals surface area contributed by atoms with Crippen LogP contribution in [0, 0.1) is 0 Å². The molecule has 0 spiro atoms. The summed E-state index contributed by atoms with van der Waals surface area (Å²) in [4.78, 5) is 32.6. The van der Waals surface area contributed by atoms with E-state index in [0.29, 0.717) is 12.8 Å². The number of aromatic nitrogens is 2. The molecule has 4 aromatic rings. The summed E-state index contributed by atoms with van der Waals surface area (Å²) >= 11 is 0. The standard InChI is InChI=1S/C20H14N4O2S2/c25-11-23-15-5-7-17(19-13(15)3-1-9-21-19)27-28-18-8-6-16(24-12-26)14-4-2-10-22-20(14)18/h1-12H,(H,23,25)(H,24,26). The highest BCUT2D eigenvalue weighted by Gasteiger charge is 2.11. The molecule has 0 aliphatic rings. The first-order valence-electron chi connectivity index (χ1n) is 8.32. The normalized spacial score (nSPS) is 10.7. The maximum Gasteiger partial charge on any atom is 0.211 e. The van der Waals surface area contributed by atoms with Gasteiger partial charge in [-0.05, 0) is 48.5 Å². The summed E-state index contributed by atoms with van der Waals surface area (Å²) < 4.78 is 0. The molecule has 0 radical (unpaired) electrons. The molecule has 0 aliphatic carbocycles. The fourth-order valence-corrected chi connectivity index (χ4v) is 5.15. The smallest absolute Gasteiger partial charge is 0.211 e. The lowest BCUT2D eigenvalue weighted by molar-refractivity contribution is -0.106. The van der Waals surface area contributed by atoms with Gasteiger partial charge < -0.3 is 10.6 Å². The summed E-state index contributed by atoms with van der Waals surface area (Å²) in [7, 11) is 3.14. The fourth-order valence-electron chi connectivity index (χ4n) is 2.90. The van der Waals surface area contributed by atoms with E-state index in [4.69, 9.17) is 0 Å². The Kier molecular flexibility index (Phi) is 5.41. The zero-order valence-corrected chi connectivity index (χ0v) is 16.1. The van der Waals surface area contributed by atoms with Crippen LogP contribution in [0.4, 0.5) is 11.4 Å². The molecule has 2 heterocycles. The molecule has 0 bridgehead atoms. The molecule has 2 N–H and O–H groups in total. The molecule has 138 valence electrons. The molecule has 4 rings (SSSR count). The number of nitrogens with zero attached hydrogens (tertiary/aromatic N) is 2. The van der Waals surface area contributed by atoms with Gasteiger partial charge in [-0.2, -0.15) is 0 Å². The number of pyridine rings is 2. The number of amides is 2. The molecular weight excluding hydrogens is 392 g/mol. The first-order valence-corrected chi connectivity index (χ1v) is 10.5. The predicted octanol–water partition coefficient (Wildman–Crippen LogP) is 4.72. The van der Waals surface area contributed by atoms with E-state index < -0.39 is 0 Å². The van der Waals surface area contributed by atoms with Crippen LogP contribution in [0.5, 0.6) is 0 Å². The van der Waals surface area contributed by atoms with Gasteiger partial charge in [0, 0.05) is 44.3 Å². The summed E-state index contributed by atoms with van der Waals surface area (Å²) in [5, 5.41) is 7.19. The van der Waals surface area contributed by atoms with Crippen molar-refractivity contribution >= 4 is 67.6 Å². The monoisotopic (exact) mass is 406 g/mol. The average molecular weight is 406 g/mol. The summed E-state index contributed by atoms with van der Waals surface area (Å²) in [5.74, 6) is 0. The fraction of sp³-hybridized carbons (Fsp3) is 0. The van der Waals surface area contributed by atoms with E-state index in [-0.39, 0.29) is 0 Å². The number of hydrogen-bond acceptors (Lipinski definition) is 6. The molecule has 0 aliphatic heterocycles. The molecule has 0 atom stereocenters. The summed E-state index contributed by atoms with van der Waals surface area (Å²) in [6, 6.07) is 15.2. The van der Waals surface area contributed by atoms with E-state index in [1.807, 2.05) is 48.5 Å². The number of rotatable bonds is 7. The van der Waals surface area contributed by atoms with Gasteiger partial charge >= 0.3 is 0 Å². The second-order valence-electron chi connectivity index (χ2n) is 5.71. The lowest BCUT2D eigenvalue weighted by Gasteiger charge is -2.11. The van der Waals surface area contributed by atoms with Crippen LogP contribution in [-0.4, -0.2) is 22.8 Å². The minimum absolute atomic E-state index is 0.663. The van der Waals surface area contributed by atoms with Crippen molar-refractivity contribution in [2.24, 2.45) is 0 Å². The molecule has 8 heteroatoms. The van der Waals surface area contributed by atoms with Crippen LogP contribution < -0.4 is 10.6 Å². The quantitative estimate of drug-likeness (QED) is 0.341. The maximum absolute atomic E-state index is 10.8. The van der Waals surface area contributed by atoms with E-state index >= 15 is 0 Å². The second-order valence-corrected chi connectivity index (χ2v) is 7.93. The van der Waals surface area contributed by atoms with Crippen LogP contribution in [-0.2, 0) is 9.59 Å². The van der Waals surface area contributed by atoms with E-state index in [9.17, 15) is 9.59 Å². The van der Waals surface area contributed by atoms with E-state index in [1.54, 1.807) is 34.0 Å². The third-order valence-corrected chi connectivity index (χ3v) is 6.54. The summed E-state index contributed by atoms with van der Waals surface area (Å²) in [5.41, 5.74) is 3.10. The SMILES string of the molecule is O=CNc1ccc(SSc2ccc(NC=O)c3cccnc23)c2ncccc12. The number of fused-ring (bicyclic) bond motifs is 2. The lowest BCUT2D eigenvalue weighted by Crippen LogP contribution is -1.96. The van der Waals surface area contributed by atoms with E-state index in [1.165, 1.54) is 0 Å². The number of hydrogen-bond donors (Lipinski definition) is 2. The van der Waals surface area contributed by atoms with Gasteiger partial charge in [-0.3, -0.25) is 19.6 Å². The molecule has 0 fully saturated rings. The molecule has 28 heavy (non-hydrogen) atoms. The van der Waals surface area contributed by atoms with Gasteiger partial charge in [-0.1, -0.05) is 21.6 Å². The Balaban J connectivity index is 1.69. The van der Waals surface area contributed by atoms with Crippen molar-refractivity contribution in [3.8, 4) is 0 Å². The second kappa shape index (κ2) is 8.28. The topological polar surface area (TPSA) is 84.0 Å². The van der Waals surface area contributed by atoms with E-state index in [0.717, 1.165) is 43.0 Å². The third-order valence-electron chi connectivity index (χ3n) is 4.12. The molecular formula is C20H14N4O2S2. The van der Waals surface area contributed by atoms with Gasteiger partial charge in [0.05, 0.1) is 11.0 Å². The lowest BCUT2D eigenvalue weighted by atomic mass is 10.2. The summed E-state index contributed by atoms with van der Waals surface area (Å²) in [6.45, 7) is 0. The highest BCUT2D eigenvalue weighted by molar-refractivity contribution is 8.76. The molecule has 2 aromatic carbocycles. The zero-order chi connectivity index (χ0) is 19.3. The number of nitrogens with one attached hydrogen (secondary N) is 2. The molecule has 0 saturated heterocycles. The van der Waals surface area contributed by atoms with Crippen LogP contribution in [0.15, 0.2) is 70.7 Å². The molecule has 0 unspecified atom stereocenters. The Labute approximate surface area is 168 Å². The molecule has 2 amide bonds. The van der Waals surface area contributed by atoms with Gasteiger partial charge in [-0.15, -0.1) is 0 Å². The van der Waals surface area contributed by atoms with Crippen molar-refractivity contribution in [1.82, 2.24) is 9.97 Å². The van der Waals surface area contributed by atoms with Crippen molar-refractivity contribution in [2.75, 3.05) is 10.6 Å². The Morgan fingerprint density at radius 3 is 1.57 bits per heavy atom. The van der Waals surface area contributed by atoms with Crippen LogP contribution in [0.25, 0.3) is 21.8 Å². The van der Waals surface area contributed by atoms with Crippen molar-refractivity contribution < 1.29 is 9.59 Å². The first kappa shape index (κ1) is 18.3. The largest absolute Gasteiger partial charge is 0.328 e. The van der Waals surface area contributed by atoms with Crippen LogP contribution in [0.1, 0.15) is 0 Å². The number of carbonyl (C=O) groups excluding carboxylic acids is 2. The number of benzene rings is 2. The first-order chi connectivity index (χ1) is 13.8. The van der Waals surface area contributed by atoms with E-state index in [2.05, 4.69) is 20.6 Å². The number of carbonyl (C=O) groups is 2. The van der Waals surface area contributed by atoms with Gasteiger partial charge in [0.1, 0.15) is 0 Å². The van der Waals surface area contributed by atoms with Gasteiger partial charge in [0.25, 0.3) is 0 Å². The third kappa shape index (κ3) is 3.51. The molecule has 2 aromatic heterocycles. The van der Waals surface area contributed by atoms with Crippen molar-refractivity contribution in [1.29, 1.82) is 0 Å². The Morgan fingerprint density at radius 1 is 0.679 bits per heavy atom. The van der Waals surface area contributed by atoms with Gasteiger partial charge in [0.15, 0.2) is 0 Å². The van der Waals surface area contributed by atoms with Crippen molar-refractivity contribution in [2.45, 2.75) is 9.79 Å². The van der Waals surface area contributed by atoms with Crippen LogP contribution >= 0.6 is 21.6 Å². The van der Waals surface area contributed by atoms with Crippen molar-refractivity contribution in [3.05, 3.63) is 60.9 Å². The zero-order valence-electron chi connectivity index (χ0n) is 14.5. The van der Waals surface area contributed by atoms with Gasteiger partial charge in [0.2, 0.25) is 12.8 Å². The Hall–Kier alpha value is -3.10. The summed E-state index contributed by atoms with van der Waals surface area (Å²) in [6.07, 6.45) is 4.79. The number of anilines is 2. The van der Waals surface area contributed by atoms with Crippen LogP contribution in [0.2, 0.25) is 0 Å². The highest BCUT2D eigenvalue weighted by atomic mass is 33.1. The predicted molar refractivity (Wildman–Crippen MR) is 115 cm³/mol. The average Bonchev–Trinajstić information content (AvgIpc) is 2.74.